The summed E-state index contributed by atoms with van der Waals surface area (Å²) in [5.41, 5.74) is 1.04. The van der Waals surface area contributed by atoms with Crippen molar-refractivity contribution >= 4 is 28.6 Å². The van der Waals surface area contributed by atoms with Crippen LogP contribution in [0.15, 0.2) is 42.5 Å². The van der Waals surface area contributed by atoms with E-state index in [4.69, 9.17) is 19.4 Å². The molecule has 2 aliphatic rings. The number of methoxy groups -OCH3 is 2. The maximum Gasteiger partial charge on any atom is 0.310 e. The molecule has 0 radical (unpaired) electrons. The largest absolute Gasteiger partial charge is 0.493 e. The summed E-state index contributed by atoms with van der Waals surface area (Å²) < 4.78 is 11.0. The number of aromatic nitrogens is 2. The minimum Gasteiger partial charge on any atom is -0.493 e. The highest BCUT2D eigenvalue weighted by atomic mass is 16.5. The van der Waals surface area contributed by atoms with Gasteiger partial charge in [-0.15, -0.1) is 0 Å². The number of piperidine rings is 1. The summed E-state index contributed by atoms with van der Waals surface area (Å²) in [5, 5.41) is 14.5. The Kier molecular flexibility index (Phi) is 5.89. The Balaban J connectivity index is 1.44. The number of nitrogens with zero attached hydrogens (tertiary/aromatic N) is 3. The van der Waals surface area contributed by atoms with Gasteiger partial charge in [0.05, 0.1) is 25.2 Å². The van der Waals surface area contributed by atoms with E-state index in [-0.39, 0.29) is 0 Å². The van der Waals surface area contributed by atoms with Gasteiger partial charge in [-0.2, -0.15) is 4.98 Å². The van der Waals surface area contributed by atoms with E-state index in [0.717, 1.165) is 35.1 Å². The van der Waals surface area contributed by atoms with Crippen LogP contribution in [0, 0.1) is 5.41 Å². The summed E-state index contributed by atoms with van der Waals surface area (Å²) in [6.07, 6.45) is 3.85. The predicted octanol–water partition coefficient (Wildman–Crippen LogP) is 4.14. The van der Waals surface area contributed by atoms with Gasteiger partial charge in [0.15, 0.2) is 11.5 Å². The molecule has 0 atom stereocenters. The van der Waals surface area contributed by atoms with E-state index >= 15 is 0 Å². The van der Waals surface area contributed by atoms with Crippen molar-refractivity contribution in [3.8, 4) is 11.5 Å². The number of benzene rings is 2. The molecule has 2 aromatic carbocycles. The van der Waals surface area contributed by atoms with E-state index in [1.54, 1.807) is 14.2 Å². The van der Waals surface area contributed by atoms with E-state index in [1.165, 1.54) is 0 Å². The summed E-state index contributed by atoms with van der Waals surface area (Å²) in [7, 11) is 3.22. The second-order valence-electron chi connectivity index (χ2n) is 9.25. The van der Waals surface area contributed by atoms with Crippen LogP contribution in [0.2, 0.25) is 0 Å². The molecular weight excluding hydrogens is 432 g/mol. The number of nitrogens with one attached hydrogen (secondary N) is 1. The Bertz CT molecular complexity index is 1190. The Morgan fingerprint density at radius 3 is 2.38 bits per heavy atom. The van der Waals surface area contributed by atoms with Crippen LogP contribution in [-0.4, -0.2) is 54.4 Å². The molecule has 1 aromatic heterocycles. The molecule has 178 valence electrons. The summed E-state index contributed by atoms with van der Waals surface area (Å²) in [6, 6.07) is 14.1. The van der Waals surface area contributed by atoms with Crippen LogP contribution in [0.4, 0.5) is 11.8 Å². The lowest BCUT2D eigenvalue weighted by Gasteiger charge is -2.39. The summed E-state index contributed by atoms with van der Waals surface area (Å²) in [4.78, 5) is 24.1. The third-order valence-corrected chi connectivity index (χ3v) is 6.95. The predicted molar refractivity (Wildman–Crippen MR) is 131 cm³/mol. The fraction of sp³-hybridized carbons (Fsp3) is 0.423. The first-order valence-electron chi connectivity index (χ1n) is 11.7. The van der Waals surface area contributed by atoms with Crippen LogP contribution in [-0.2, 0) is 11.2 Å². The molecule has 5 rings (SSSR count). The van der Waals surface area contributed by atoms with Gasteiger partial charge in [-0.3, -0.25) is 4.79 Å². The molecule has 8 heteroatoms. The second-order valence-corrected chi connectivity index (χ2v) is 9.25. The first-order chi connectivity index (χ1) is 16.5. The lowest BCUT2D eigenvalue weighted by molar-refractivity contribution is -0.150. The molecule has 0 unspecified atom stereocenters. The van der Waals surface area contributed by atoms with Crippen LogP contribution in [0.1, 0.15) is 31.2 Å². The molecule has 2 N–H and O–H groups in total. The number of anilines is 2. The Morgan fingerprint density at radius 2 is 1.76 bits per heavy atom. The van der Waals surface area contributed by atoms with Crippen LogP contribution in [0.3, 0.4) is 0 Å². The van der Waals surface area contributed by atoms with Crippen molar-refractivity contribution in [3.05, 3.63) is 48.0 Å². The Labute approximate surface area is 198 Å². The molecule has 1 aliphatic carbocycles. The van der Waals surface area contributed by atoms with Gasteiger partial charge in [0.25, 0.3) is 0 Å². The van der Waals surface area contributed by atoms with E-state index in [0.29, 0.717) is 55.8 Å². The maximum atomic E-state index is 12.3. The first kappa shape index (κ1) is 22.3. The quantitative estimate of drug-likeness (QED) is 0.516. The lowest BCUT2D eigenvalue weighted by Crippen LogP contribution is -2.46. The minimum absolute atomic E-state index is 0.422. The van der Waals surface area contributed by atoms with Gasteiger partial charge in [0.1, 0.15) is 5.82 Å². The molecule has 0 spiro atoms. The number of carboxylic acids is 1. The molecular formula is C26H30N4O4. The molecule has 2 heterocycles. The van der Waals surface area contributed by atoms with Crippen LogP contribution in [0.5, 0.6) is 11.5 Å². The third-order valence-electron chi connectivity index (χ3n) is 6.95. The first-order valence-corrected chi connectivity index (χ1v) is 11.7. The molecule has 1 aliphatic heterocycles. The van der Waals surface area contributed by atoms with E-state index in [1.807, 2.05) is 42.5 Å². The van der Waals surface area contributed by atoms with Crippen molar-refractivity contribution in [2.24, 2.45) is 5.41 Å². The number of aliphatic carboxylic acids is 1. The zero-order chi connectivity index (χ0) is 23.7. The fourth-order valence-electron chi connectivity index (χ4n) is 4.70. The molecule has 3 aromatic rings. The number of ether oxygens (including phenoxy) is 2. The highest BCUT2D eigenvalue weighted by Gasteiger charge is 2.42. The minimum atomic E-state index is -0.777. The van der Waals surface area contributed by atoms with Crippen molar-refractivity contribution < 1.29 is 19.4 Å². The van der Waals surface area contributed by atoms with Crippen LogP contribution < -0.4 is 19.7 Å². The lowest BCUT2D eigenvalue weighted by atomic mass is 9.74. The normalized spacial score (nSPS) is 17.4. The summed E-state index contributed by atoms with van der Waals surface area (Å²) in [6.45, 7) is 1.17. The molecule has 0 amide bonds. The van der Waals surface area contributed by atoms with Crippen molar-refractivity contribution in [3.63, 3.8) is 0 Å². The van der Waals surface area contributed by atoms with Crippen molar-refractivity contribution in [1.82, 2.24) is 9.97 Å². The molecule has 8 nitrogen and oxygen atoms in total. The zero-order valence-corrected chi connectivity index (χ0v) is 19.6. The van der Waals surface area contributed by atoms with Gasteiger partial charge < -0.3 is 24.8 Å². The number of carbonyl (C=O) groups is 1. The Hall–Kier alpha value is -3.55. The third kappa shape index (κ3) is 4.32. The van der Waals surface area contributed by atoms with Gasteiger partial charge in [-0.1, -0.05) is 30.3 Å². The highest BCUT2D eigenvalue weighted by molar-refractivity contribution is 5.93. The number of fused-ring (bicyclic) bond motifs is 1. The smallest absolute Gasteiger partial charge is 0.310 e. The number of hydrogen-bond acceptors (Lipinski definition) is 7. The van der Waals surface area contributed by atoms with Gasteiger partial charge in [-0.25, -0.2) is 4.98 Å². The monoisotopic (exact) mass is 462 g/mol. The van der Waals surface area contributed by atoms with E-state index in [2.05, 4.69) is 10.2 Å². The van der Waals surface area contributed by atoms with Crippen molar-refractivity contribution in [2.75, 3.05) is 37.5 Å². The van der Waals surface area contributed by atoms with Gasteiger partial charge in [0.2, 0.25) is 5.95 Å². The average Bonchev–Trinajstić information content (AvgIpc) is 3.68. The molecule has 1 saturated carbocycles. The number of rotatable bonds is 8. The van der Waals surface area contributed by atoms with E-state index < -0.39 is 11.4 Å². The van der Waals surface area contributed by atoms with Crippen molar-refractivity contribution in [1.29, 1.82) is 0 Å². The number of hydrogen-bond donors (Lipinski definition) is 2. The van der Waals surface area contributed by atoms with Crippen molar-refractivity contribution in [2.45, 2.75) is 38.1 Å². The van der Waals surface area contributed by atoms with E-state index in [9.17, 15) is 9.90 Å². The highest BCUT2D eigenvalue weighted by Crippen LogP contribution is 2.39. The van der Waals surface area contributed by atoms with Crippen LogP contribution in [0.25, 0.3) is 10.9 Å². The standard InChI is InChI=1S/C26H30N4O4/c1-33-21-14-19-20(15-22(21)34-2)28-25(29-23(19)27-18-8-9-18)30-12-10-26(11-13-30,24(31)32)16-17-6-4-3-5-7-17/h3-7,14-15,18H,8-13,16H2,1-2H3,(H,31,32)(H,27,28,29). The Morgan fingerprint density at radius 1 is 1.09 bits per heavy atom. The second kappa shape index (κ2) is 9.00. The SMILES string of the molecule is COc1cc2nc(N3CCC(Cc4ccccc4)(C(=O)O)CC3)nc(NC3CC3)c2cc1OC. The summed E-state index contributed by atoms with van der Waals surface area (Å²) >= 11 is 0. The van der Waals surface area contributed by atoms with Gasteiger partial charge >= 0.3 is 5.97 Å². The summed E-state index contributed by atoms with van der Waals surface area (Å²) in [5.74, 6) is 1.91. The fourth-order valence-corrected chi connectivity index (χ4v) is 4.70. The maximum absolute atomic E-state index is 12.3. The van der Waals surface area contributed by atoms with Gasteiger partial charge in [-0.05, 0) is 43.7 Å². The average molecular weight is 463 g/mol. The number of carboxylic acid groups (broad SMARTS) is 1. The molecule has 34 heavy (non-hydrogen) atoms. The molecule has 1 saturated heterocycles. The zero-order valence-electron chi connectivity index (χ0n) is 19.6. The topological polar surface area (TPSA) is 96.8 Å². The van der Waals surface area contributed by atoms with Gasteiger partial charge in [0, 0.05) is 30.6 Å². The molecule has 0 bridgehead atoms. The molecule has 2 fully saturated rings. The van der Waals surface area contributed by atoms with Crippen LogP contribution >= 0.6 is 0 Å².